The van der Waals surface area contributed by atoms with Gasteiger partial charge in [-0.1, -0.05) is 48.5 Å². The smallest absolute Gasteiger partial charge is 0.311 e. The van der Waals surface area contributed by atoms with Crippen molar-refractivity contribution in [2.45, 2.75) is 19.1 Å². The highest BCUT2D eigenvalue weighted by Crippen LogP contribution is 2.27. The van der Waals surface area contributed by atoms with Gasteiger partial charge in [0.25, 0.3) is 5.91 Å². The number of hydrogen-bond donors (Lipinski definition) is 1. The van der Waals surface area contributed by atoms with Crippen molar-refractivity contribution < 1.29 is 27.2 Å². The number of fused-ring (bicyclic) bond motifs is 1. The monoisotopic (exact) mass is 443 g/mol. The number of carbonyl (C=O) groups excluding carboxylic acids is 2. The third-order valence-electron chi connectivity index (χ3n) is 4.76. The van der Waals surface area contributed by atoms with E-state index >= 15 is 0 Å². The first-order valence-electron chi connectivity index (χ1n) is 9.95. The molecule has 0 aliphatic heterocycles. The topological polar surface area (TPSA) is 103 Å². The molecule has 31 heavy (non-hydrogen) atoms. The fourth-order valence-electron chi connectivity index (χ4n) is 3.38. The molecular weight excluding hydrogens is 418 g/mol. The summed E-state index contributed by atoms with van der Waals surface area (Å²) in [5, 5.41) is 3.29. The maximum absolute atomic E-state index is 12.9. The van der Waals surface area contributed by atoms with Crippen molar-refractivity contribution in [3.8, 4) is 0 Å². The Hall–Kier alpha value is -3.13. The zero-order chi connectivity index (χ0) is 22.4. The minimum atomic E-state index is -3.40. The van der Waals surface area contributed by atoms with E-state index in [1.54, 1.807) is 31.2 Å². The molecule has 7 nitrogen and oxygen atoms in total. The maximum Gasteiger partial charge on any atom is 0.311 e. The lowest BCUT2D eigenvalue weighted by Gasteiger charge is -2.16. The van der Waals surface area contributed by atoms with E-state index in [-0.39, 0.29) is 24.7 Å². The van der Waals surface area contributed by atoms with E-state index in [9.17, 15) is 18.0 Å². The van der Waals surface area contributed by atoms with Gasteiger partial charge in [-0.05, 0) is 25.0 Å². The molecule has 1 heterocycles. The predicted molar refractivity (Wildman–Crippen MR) is 117 cm³/mol. The van der Waals surface area contributed by atoms with Crippen molar-refractivity contribution in [2.24, 2.45) is 5.92 Å². The summed E-state index contributed by atoms with van der Waals surface area (Å²) in [5.41, 5.74) is 1.68. The van der Waals surface area contributed by atoms with Gasteiger partial charge in [-0.15, -0.1) is 0 Å². The van der Waals surface area contributed by atoms with Crippen molar-refractivity contribution in [1.82, 2.24) is 5.32 Å². The van der Waals surface area contributed by atoms with E-state index in [4.69, 9.17) is 9.15 Å². The molecule has 0 bridgehead atoms. The number of amides is 1. The minimum absolute atomic E-state index is 0.0297. The standard InChI is InChI=1S/C23H25NO6S/c1-3-29-23(26)17(13-16-9-5-4-6-10-16)14-24-22(25)21-19(15-31(2,27)28)18-11-7-8-12-20(18)30-21/h4-12,17H,3,13-15H2,1-2H3,(H,24,25). The largest absolute Gasteiger partial charge is 0.466 e. The summed E-state index contributed by atoms with van der Waals surface area (Å²) < 4.78 is 34.7. The van der Waals surface area contributed by atoms with Gasteiger partial charge in [-0.2, -0.15) is 0 Å². The summed E-state index contributed by atoms with van der Waals surface area (Å²) >= 11 is 0. The fourth-order valence-corrected chi connectivity index (χ4v) is 4.19. The molecule has 0 saturated carbocycles. The van der Waals surface area contributed by atoms with E-state index in [0.717, 1.165) is 11.8 Å². The first-order chi connectivity index (χ1) is 14.8. The number of ether oxygens (including phenoxy) is 1. The minimum Gasteiger partial charge on any atom is -0.466 e. The second-order valence-corrected chi connectivity index (χ2v) is 9.46. The number of furan rings is 1. The molecule has 1 aromatic heterocycles. The molecule has 1 N–H and O–H groups in total. The van der Waals surface area contributed by atoms with Crippen LogP contribution >= 0.6 is 0 Å². The number of nitrogens with one attached hydrogen (secondary N) is 1. The summed E-state index contributed by atoms with van der Waals surface area (Å²) in [6.07, 6.45) is 1.50. The zero-order valence-electron chi connectivity index (χ0n) is 17.5. The molecule has 0 spiro atoms. The summed E-state index contributed by atoms with van der Waals surface area (Å²) in [4.78, 5) is 25.3. The van der Waals surface area contributed by atoms with Crippen LogP contribution in [0.4, 0.5) is 0 Å². The average Bonchev–Trinajstić information content (AvgIpc) is 3.09. The Morgan fingerprint density at radius 2 is 1.74 bits per heavy atom. The Labute approximate surface area is 181 Å². The van der Waals surface area contributed by atoms with Crippen molar-refractivity contribution in [1.29, 1.82) is 0 Å². The van der Waals surface area contributed by atoms with Crippen molar-refractivity contribution >= 4 is 32.7 Å². The van der Waals surface area contributed by atoms with Gasteiger partial charge in [-0.3, -0.25) is 9.59 Å². The number of benzene rings is 2. The third kappa shape index (κ3) is 5.95. The van der Waals surface area contributed by atoms with E-state index in [0.29, 0.717) is 23.0 Å². The van der Waals surface area contributed by atoms with E-state index in [1.165, 1.54) is 0 Å². The molecule has 1 unspecified atom stereocenters. The lowest BCUT2D eigenvalue weighted by Crippen LogP contribution is -2.35. The molecular formula is C23H25NO6S. The van der Waals surface area contributed by atoms with Gasteiger partial charge in [-0.25, -0.2) is 8.42 Å². The highest BCUT2D eigenvalue weighted by atomic mass is 32.2. The lowest BCUT2D eigenvalue weighted by atomic mass is 9.99. The molecule has 1 atom stereocenters. The molecule has 3 aromatic rings. The van der Waals surface area contributed by atoms with Crippen LogP contribution in [0.3, 0.4) is 0 Å². The van der Waals surface area contributed by atoms with Gasteiger partial charge in [0.2, 0.25) is 0 Å². The summed E-state index contributed by atoms with van der Waals surface area (Å²) in [5.74, 6) is -1.95. The van der Waals surface area contributed by atoms with Crippen LogP contribution < -0.4 is 5.32 Å². The summed E-state index contributed by atoms with van der Waals surface area (Å²) in [6.45, 7) is 1.99. The van der Waals surface area contributed by atoms with Crippen LogP contribution in [0.25, 0.3) is 11.0 Å². The molecule has 0 aliphatic carbocycles. The highest BCUT2D eigenvalue weighted by Gasteiger charge is 2.26. The van der Waals surface area contributed by atoms with Gasteiger partial charge in [0.1, 0.15) is 5.58 Å². The van der Waals surface area contributed by atoms with Crippen LogP contribution in [0.15, 0.2) is 59.0 Å². The molecule has 0 saturated heterocycles. The van der Waals surface area contributed by atoms with Gasteiger partial charge in [0.15, 0.2) is 15.6 Å². The van der Waals surface area contributed by atoms with Gasteiger partial charge in [0.05, 0.1) is 18.3 Å². The molecule has 0 radical (unpaired) electrons. The number of para-hydroxylation sites is 1. The van der Waals surface area contributed by atoms with Crippen LogP contribution in [-0.4, -0.2) is 39.7 Å². The SMILES string of the molecule is CCOC(=O)C(CNC(=O)c1oc2ccccc2c1CS(C)(=O)=O)Cc1ccccc1. The molecule has 1 amide bonds. The maximum atomic E-state index is 12.9. The molecule has 2 aromatic carbocycles. The first-order valence-corrected chi connectivity index (χ1v) is 12.0. The molecule has 3 rings (SSSR count). The molecule has 0 aliphatic rings. The van der Waals surface area contributed by atoms with Crippen LogP contribution in [0.5, 0.6) is 0 Å². The van der Waals surface area contributed by atoms with Crippen LogP contribution in [0.2, 0.25) is 0 Å². The number of sulfone groups is 1. The Morgan fingerprint density at radius 1 is 1.06 bits per heavy atom. The van der Waals surface area contributed by atoms with Crippen molar-refractivity contribution in [2.75, 3.05) is 19.4 Å². The second-order valence-electron chi connectivity index (χ2n) is 7.32. The average molecular weight is 444 g/mol. The van der Waals surface area contributed by atoms with Crippen molar-refractivity contribution in [3.05, 3.63) is 71.5 Å². The van der Waals surface area contributed by atoms with Gasteiger partial charge < -0.3 is 14.5 Å². The zero-order valence-corrected chi connectivity index (χ0v) is 18.3. The van der Waals surface area contributed by atoms with Crippen LogP contribution in [0, 0.1) is 5.92 Å². The van der Waals surface area contributed by atoms with E-state index in [2.05, 4.69) is 5.32 Å². The summed E-state index contributed by atoms with van der Waals surface area (Å²) in [6, 6.07) is 16.3. The third-order valence-corrected chi connectivity index (χ3v) is 5.58. The van der Waals surface area contributed by atoms with Crippen LogP contribution in [0.1, 0.15) is 28.6 Å². The summed E-state index contributed by atoms with van der Waals surface area (Å²) in [7, 11) is -3.40. The highest BCUT2D eigenvalue weighted by molar-refractivity contribution is 7.89. The molecule has 164 valence electrons. The lowest BCUT2D eigenvalue weighted by molar-refractivity contribution is -0.147. The Kier molecular flexibility index (Phi) is 7.12. The number of carbonyl (C=O) groups is 2. The quantitative estimate of drug-likeness (QED) is 0.510. The number of hydrogen-bond acceptors (Lipinski definition) is 6. The Morgan fingerprint density at radius 3 is 2.42 bits per heavy atom. The van der Waals surface area contributed by atoms with Gasteiger partial charge >= 0.3 is 5.97 Å². The Bertz CT molecular complexity index is 1170. The first kappa shape index (κ1) is 22.6. The van der Waals surface area contributed by atoms with E-state index < -0.39 is 27.6 Å². The molecule has 0 fully saturated rings. The van der Waals surface area contributed by atoms with Crippen LogP contribution in [-0.2, 0) is 31.5 Å². The second kappa shape index (κ2) is 9.78. The normalized spacial score (nSPS) is 12.5. The van der Waals surface area contributed by atoms with E-state index in [1.807, 2.05) is 30.3 Å². The molecule has 8 heteroatoms. The van der Waals surface area contributed by atoms with Crippen molar-refractivity contribution in [3.63, 3.8) is 0 Å². The fraction of sp³-hybridized carbons (Fsp3) is 0.304. The van der Waals surface area contributed by atoms with Gasteiger partial charge in [0, 0.05) is 23.8 Å². The Balaban J connectivity index is 1.82. The number of esters is 1. The number of rotatable bonds is 9. The predicted octanol–water partition coefficient (Wildman–Crippen LogP) is 3.13.